The Labute approximate surface area is 446 Å². The highest BCUT2D eigenvalue weighted by Crippen LogP contribution is 2.33. The lowest BCUT2D eigenvalue weighted by Gasteiger charge is -2.26. The first-order valence-electron chi connectivity index (χ1n) is 23.0. The van der Waals surface area contributed by atoms with Crippen LogP contribution < -0.4 is 27.2 Å². The number of phenols is 1. The number of aromatic nitrogens is 8. The number of nitrogens with zero attached hydrogens (tertiary/aromatic N) is 10. The van der Waals surface area contributed by atoms with Gasteiger partial charge in [0.15, 0.2) is 27.1 Å². The Bertz CT molecular complexity index is 3530. The van der Waals surface area contributed by atoms with Gasteiger partial charge in [-0.1, -0.05) is 82.8 Å². The van der Waals surface area contributed by atoms with Gasteiger partial charge in [0, 0.05) is 77.5 Å². The fourth-order valence-electron chi connectivity index (χ4n) is 8.27. The van der Waals surface area contributed by atoms with Crippen LogP contribution in [-0.2, 0) is 63.8 Å². The van der Waals surface area contributed by atoms with Crippen LogP contribution in [-0.4, -0.2) is 105 Å². The zero-order valence-corrected chi connectivity index (χ0v) is 44.8. The van der Waals surface area contributed by atoms with Gasteiger partial charge in [-0.05, 0) is 86.7 Å². The minimum Gasteiger partial charge on any atom is -0.506 e. The lowest BCUT2D eigenvalue weighted by Crippen LogP contribution is -2.37. The van der Waals surface area contributed by atoms with Crippen LogP contribution >= 0.6 is 62.3 Å². The molecule has 0 saturated carbocycles. The van der Waals surface area contributed by atoms with E-state index >= 15 is 0 Å². The van der Waals surface area contributed by atoms with E-state index in [0.717, 1.165) is 83.9 Å². The first-order valence-corrected chi connectivity index (χ1v) is 25.3. The van der Waals surface area contributed by atoms with Gasteiger partial charge in [0.2, 0.25) is 0 Å². The molecule has 2 aliphatic rings. The van der Waals surface area contributed by atoms with Crippen LogP contribution in [0.25, 0.3) is 22.3 Å². The molecule has 384 valence electrons. The largest absolute Gasteiger partial charge is 0.506 e. The van der Waals surface area contributed by atoms with Gasteiger partial charge in [0.25, 0.3) is 11.1 Å². The maximum absolute atomic E-state index is 13.1. The smallest absolute Gasteiger partial charge is 0.332 e. The number of fused-ring (bicyclic) bond motifs is 2. The highest BCUT2D eigenvalue weighted by atomic mass is 79.9. The highest BCUT2D eigenvalue weighted by molar-refractivity contribution is 9.10. The van der Waals surface area contributed by atoms with E-state index in [-0.39, 0.29) is 35.0 Å². The lowest BCUT2D eigenvalue weighted by atomic mass is 10.2. The third-order valence-electron chi connectivity index (χ3n) is 12.3. The van der Waals surface area contributed by atoms with E-state index < -0.39 is 16.9 Å². The fourth-order valence-corrected chi connectivity index (χ4v) is 9.27. The molecule has 0 unspecified atom stereocenters. The van der Waals surface area contributed by atoms with Gasteiger partial charge in [0.05, 0.1) is 49.6 Å². The average molecular weight is 1140 g/mol. The van der Waals surface area contributed by atoms with Gasteiger partial charge >= 0.3 is 17.4 Å². The van der Waals surface area contributed by atoms with E-state index in [1.54, 1.807) is 65.7 Å². The highest BCUT2D eigenvalue weighted by Gasteiger charge is 2.23. The second kappa shape index (κ2) is 23.6. The van der Waals surface area contributed by atoms with Crippen LogP contribution in [0.1, 0.15) is 22.3 Å². The lowest BCUT2D eigenvalue weighted by molar-refractivity contribution is 0.0341. The SMILES string of the molecule is Cn1c(=O)c2c(nc(Br)n2Cc2ccc(Cl)cc2)n(C)c1=O.Cn1c(=O)c2c(nc(Oc3cc(CN4CCOCC4)ccc3Cl)n2Cc2ccc(Cl)cc2)n(C)c1=O.Oc1cc(CN2CCOCC2)ccc1Cl. The van der Waals surface area contributed by atoms with Crippen molar-refractivity contribution in [1.29, 1.82) is 0 Å². The molecule has 6 heterocycles. The van der Waals surface area contributed by atoms with Crippen molar-refractivity contribution in [3.05, 3.63) is 174 Å². The molecule has 4 aromatic carbocycles. The Kier molecular flexibility index (Phi) is 17.3. The summed E-state index contributed by atoms with van der Waals surface area (Å²) in [6.07, 6.45) is 0. The Hall–Kier alpha value is -5.74. The topological polar surface area (TPSA) is 178 Å². The molecule has 23 heteroatoms. The molecule has 73 heavy (non-hydrogen) atoms. The summed E-state index contributed by atoms with van der Waals surface area (Å²) in [5.74, 6) is 0.569. The number of ether oxygens (including phenoxy) is 3. The van der Waals surface area contributed by atoms with Crippen molar-refractivity contribution >= 4 is 84.7 Å². The van der Waals surface area contributed by atoms with Crippen molar-refractivity contribution in [2.24, 2.45) is 28.2 Å². The first-order chi connectivity index (χ1) is 35.0. The maximum atomic E-state index is 13.1. The molecule has 0 spiro atoms. The van der Waals surface area contributed by atoms with Crippen molar-refractivity contribution in [2.75, 3.05) is 52.6 Å². The number of benzene rings is 4. The molecule has 4 aromatic heterocycles. The number of aromatic hydroxyl groups is 1. The first kappa shape index (κ1) is 53.5. The monoisotopic (exact) mass is 1140 g/mol. The summed E-state index contributed by atoms with van der Waals surface area (Å²) in [5.41, 5.74) is 3.48. The van der Waals surface area contributed by atoms with Gasteiger partial charge in [-0.15, -0.1) is 0 Å². The van der Waals surface area contributed by atoms with Gasteiger partial charge in [-0.25, -0.2) is 14.6 Å². The van der Waals surface area contributed by atoms with E-state index in [9.17, 15) is 24.3 Å². The molecule has 2 aliphatic heterocycles. The zero-order valence-electron chi connectivity index (χ0n) is 40.2. The van der Waals surface area contributed by atoms with Gasteiger partial charge in [-0.2, -0.15) is 4.98 Å². The number of hydrogen-bond acceptors (Lipinski definition) is 12. The standard InChI is InChI=1S/C25H25Cl2N5O4.C14H12BrClN4O2.C11H14ClNO2/c1-29-22-21(23(33)30(2)25(29)34)32(15-16-3-6-18(26)7-4-16)24(28-22)36-20-13-17(5-8-19(20)27)14-31-9-11-35-12-10-31;1-18-11-10(12(21)19(2)14(18)22)20(13(15)17-11)7-8-3-5-9(16)6-4-8;12-10-2-1-9(7-11(10)14)8-13-3-5-15-6-4-13/h3-8,13H,9-12,14-15H2,1-2H3;3-6H,7H2,1-2H3;1-2,7,14H,3-6,8H2. The minimum absolute atomic E-state index is 0.155. The van der Waals surface area contributed by atoms with E-state index in [1.165, 1.54) is 23.2 Å². The van der Waals surface area contributed by atoms with E-state index in [0.29, 0.717) is 61.5 Å². The fraction of sp³-hybridized carbons (Fsp3) is 0.320. The molecule has 0 atom stereocenters. The predicted octanol–water partition coefficient (Wildman–Crippen LogP) is 7.19. The van der Waals surface area contributed by atoms with E-state index in [4.69, 9.17) is 60.6 Å². The van der Waals surface area contributed by atoms with Crippen LogP contribution in [0.2, 0.25) is 20.1 Å². The molecule has 8 aromatic rings. The number of morpholine rings is 2. The van der Waals surface area contributed by atoms with Crippen molar-refractivity contribution < 1.29 is 19.3 Å². The van der Waals surface area contributed by atoms with Crippen molar-refractivity contribution in [1.82, 2.24) is 47.2 Å². The van der Waals surface area contributed by atoms with Crippen LogP contribution in [0.15, 0.2) is 109 Å². The Morgan fingerprint density at radius 1 is 0.548 bits per heavy atom. The van der Waals surface area contributed by atoms with E-state index in [1.807, 2.05) is 42.5 Å². The van der Waals surface area contributed by atoms with Gasteiger partial charge < -0.3 is 23.9 Å². The summed E-state index contributed by atoms with van der Waals surface area (Å²) < 4.78 is 25.7. The van der Waals surface area contributed by atoms with Crippen molar-refractivity contribution in [3.63, 3.8) is 0 Å². The minimum atomic E-state index is -0.472. The van der Waals surface area contributed by atoms with Crippen LogP contribution in [0.3, 0.4) is 0 Å². The summed E-state index contributed by atoms with van der Waals surface area (Å²) in [4.78, 5) is 63.5. The molecule has 0 radical (unpaired) electrons. The number of imidazole rings is 2. The second-order valence-electron chi connectivity index (χ2n) is 17.4. The van der Waals surface area contributed by atoms with Crippen molar-refractivity contribution in [2.45, 2.75) is 26.2 Å². The molecule has 0 bridgehead atoms. The Morgan fingerprint density at radius 2 is 0.973 bits per heavy atom. The molecule has 18 nitrogen and oxygen atoms in total. The predicted molar refractivity (Wildman–Crippen MR) is 286 cm³/mol. The summed E-state index contributed by atoms with van der Waals surface area (Å²) >= 11 is 27.5. The summed E-state index contributed by atoms with van der Waals surface area (Å²) in [6, 6.07) is 25.8. The summed E-state index contributed by atoms with van der Waals surface area (Å²) in [5, 5.41) is 11.5. The molecule has 1 N–H and O–H groups in total. The van der Waals surface area contributed by atoms with Gasteiger partial charge in [-0.3, -0.25) is 42.2 Å². The normalized spacial score (nSPS) is 14.2. The summed E-state index contributed by atoms with van der Waals surface area (Å²) in [6.45, 7) is 8.90. The van der Waals surface area contributed by atoms with Gasteiger partial charge in [0.1, 0.15) is 11.5 Å². The van der Waals surface area contributed by atoms with Crippen LogP contribution in [0, 0.1) is 0 Å². The van der Waals surface area contributed by atoms with E-state index in [2.05, 4.69) is 35.7 Å². The van der Waals surface area contributed by atoms with Crippen LogP contribution in [0.4, 0.5) is 0 Å². The molecule has 2 saturated heterocycles. The molecule has 0 aliphatic carbocycles. The van der Waals surface area contributed by atoms with Crippen LogP contribution in [0.5, 0.6) is 17.5 Å². The maximum Gasteiger partial charge on any atom is 0.332 e. The number of aryl methyl sites for hydroxylation is 2. The second-order valence-corrected chi connectivity index (χ2v) is 19.8. The third-order valence-corrected chi connectivity index (χ3v) is 14.1. The molecular formula is C50H51BrCl4N10O8. The molecule has 10 rings (SSSR count). The number of halogens is 5. The average Bonchev–Trinajstić information content (AvgIpc) is 3.91. The Morgan fingerprint density at radius 3 is 1.47 bits per heavy atom. The quantitative estimate of drug-likeness (QED) is 0.137. The summed E-state index contributed by atoms with van der Waals surface area (Å²) in [7, 11) is 6.06. The molecule has 0 amide bonds. The Balaban J connectivity index is 0.000000162. The number of rotatable bonds is 10. The van der Waals surface area contributed by atoms with Crippen molar-refractivity contribution in [3.8, 4) is 17.5 Å². The molecule has 2 fully saturated rings. The number of hydrogen-bond donors (Lipinski definition) is 1. The number of phenolic OH excluding ortho intramolecular Hbond substituents is 1. The molecular weight excluding hydrogens is 1090 g/mol. The zero-order chi connectivity index (χ0) is 52.1. The third kappa shape index (κ3) is 12.4.